The van der Waals surface area contributed by atoms with Crippen LogP contribution < -0.4 is 4.90 Å². The third kappa shape index (κ3) is 5.50. The fourth-order valence-corrected chi connectivity index (χ4v) is 4.67. The highest BCUT2D eigenvalue weighted by atomic mass is 35.5. The Kier molecular flexibility index (Phi) is 7.35. The smallest absolute Gasteiger partial charge is 0.304 e. The van der Waals surface area contributed by atoms with Crippen LogP contribution in [0.1, 0.15) is 12.0 Å². The number of rotatable bonds is 8. The van der Waals surface area contributed by atoms with Gasteiger partial charge in [-0.15, -0.1) is 11.3 Å². The van der Waals surface area contributed by atoms with Gasteiger partial charge >= 0.3 is 5.97 Å². The zero-order valence-electron chi connectivity index (χ0n) is 18.4. The van der Waals surface area contributed by atoms with Crippen molar-refractivity contribution in [1.82, 2.24) is 9.97 Å². The van der Waals surface area contributed by atoms with E-state index < -0.39 is 11.9 Å². The zero-order valence-corrected chi connectivity index (χ0v) is 20.0. The Morgan fingerprint density at radius 1 is 1.03 bits per heavy atom. The standard InChI is InChI=1S/C26H22ClN3O3S/c1-30(25(33)19(14-24(31)32)13-17-7-3-2-4-8-17)26-29-22(16-34-26)21-10-6-5-9-20(21)18-11-12-23(27)28-15-18/h2-12,15-16,19H,13-14H2,1H3,(H,31,32). The number of hydrogen-bond acceptors (Lipinski definition) is 5. The van der Waals surface area contributed by atoms with Crippen molar-refractivity contribution in [3.05, 3.63) is 89.0 Å². The molecule has 1 amide bonds. The molecule has 1 atom stereocenters. The lowest BCUT2D eigenvalue weighted by atomic mass is 9.95. The molecule has 0 spiro atoms. The maximum absolute atomic E-state index is 13.3. The number of aliphatic carboxylic acids is 1. The van der Waals surface area contributed by atoms with Crippen molar-refractivity contribution in [2.75, 3.05) is 11.9 Å². The van der Waals surface area contributed by atoms with Crippen molar-refractivity contribution in [1.29, 1.82) is 0 Å². The van der Waals surface area contributed by atoms with Gasteiger partial charge in [0.25, 0.3) is 0 Å². The Morgan fingerprint density at radius 3 is 2.41 bits per heavy atom. The topological polar surface area (TPSA) is 83.4 Å². The molecule has 0 saturated heterocycles. The molecule has 172 valence electrons. The minimum absolute atomic E-state index is 0.247. The van der Waals surface area contributed by atoms with Gasteiger partial charge in [-0.05, 0) is 29.7 Å². The van der Waals surface area contributed by atoms with Gasteiger partial charge in [0.05, 0.1) is 18.0 Å². The number of carboxylic acid groups (broad SMARTS) is 1. The summed E-state index contributed by atoms with van der Waals surface area (Å²) >= 11 is 7.28. The molecule has 1 N–H and O–H groups in total. The molecular formula is C26H22ClN3O3S. The Labute approximate surface area is 206 Å². The van der Waals surface area contributed by atoms with Gasteiger partial charge < -0.3 is 5.11 Å². The molecule has 2 aromatic heterocycles. The molecule has 6 nitrogen and oxygen atoms in total. The van der Waals surface area contributed by atoms with Crippen LogP contribution >= 0.6 is 22.9 Å². The summed E-state index contributed by atoms with van der Waals surface area (Å²) in [6.07, 6.45) is 1.81. The number of halogens is 1. The fourth-order valence-electron chi connectivity index (χ4n) is 3.76. The third-order valence-corrected chi connectivity index (χ3v) is 6.59. The van der Waals surface area contributed by atoms with E-state index in [1.54, 1.807) is 19.3 Å². The number of benzene rings is 2. The van der Waals surface area contributed by atoms with Gasteiger partial charge in [-0.3, -0.25) is 14.5 Å². The van der Waals surface area contributed by atoms with E-state index in [9.17, 15) is 14.7 Å². The summed E-state index contributed by atoms with van der Waals surface area (Å²) in [6, 6.07) is 20.9. The van der Waals surface area contributed by atoms with Crippen LogP contribution in [0.2, 0.25) is 5.15 Å². The van der Waals surface area contributed by atoms with E-state index >= 15 is 0 Å². The minimum atomic E-state index is -1.01. The molecule has 0 aliphatic rings. The molecule has 1 unspecified atom stereocenters. The molecular weight excluding hydrogens is 470 g/mol. The average molecular weight is 492 g/mol. The molecule has 0 fully saturated rings. The third-order valence-electron chi connectivity index (χ3n) is 5.45. The number of nitrogens with zero attached hydrogens (tertiary/aromatic N) is 3. The second kappa shape index (κ2) is 10.6. The number of carboxylic acids is 1. The molecule has 4 aromatic rings. The van der Waals surface area contributed by atoms with Crippen LogP contribution in [0.3, 0.4) is 0 Å². The normalized spacial score (nSPS) is 11.7. The number of thiazole rings is 1. The number of carbonyl (C=O) groups excluding carboxylic acids is 1. The first-order valence-electron chi connectivity index (χ1n) is 10.6. The number of pyridine rings is 1. The van der Waals surface area contributed by atoms with Gasteiger partial charge in [0.2, 0.25) is 5.91 Å². The lowest BCUT2D eigenvalue weighted by Crippen LogP contribution is -2.35. The highest BCUT2D eigenvalue weighted by Crippen LogP contribution is 2.35. The summed E-state index contributed by atoms with van der Waals surface area (Å²) in [7, 11) is 1.64. The molecule has 0 saturated carbocycles. The van der Waals surface area contributed by atoms with Gasteiger partial charge in [0.1, 0.15) is 5.15 Å². The van der Waals surface area contributed by atoms with E-state index in [4.69, 9.17) is 16.6 Å². The molecule has 0 aliphatic heterocycles. The quantitative estimate of drug-likeness (QED) is 0.314. The average Bonchev–Trinajstić information content (AvgIpc) is 3.34. The fraction of sp³-hybridized carbons (Fsp3) is 0.154. The number of hydrogen-bond donors (Lipinski definition) is 1. The van der Waals surface area contributed by atoms with Crippen LogP contribution in [0.25, 0.3) is 22.4 Å². The molecule has 0 aliphatic carbocycles. The number of carbonyl (C=O) groups is 2. The highest BCUT2D eigenvalue weighted by Gasteiger charge is 2.27. The molecule has 4 rings (SSSR count). The lowest BCUT2D eigenvalue weighted by Gasteiger charge is -2.21. The molecule has 0 radical (unpaired) electrons. The van der Waals surface area contributed by atoms with E-state index in [1.807, 2.05) is 66.0 Å². The summed E-state index contributed by atoms with van der Waals surface area (Å²) in [4.78, 5) is 35.0. The van der Waals surface area contributed by atoms with E-state index in [1.165, 1.54) is 16.2 Å². The highest BCUT2D eigenvalue weighted by molar-refractivity contribution is 7.14. The van der Waals surface area contributed by atoms with Crippen molar-refractivity contribution in [3.8, 4) is 22.4 Å². The van der Waals surface area contributed by atoms with Crippen molar-refractivity contribution >= 4 is 39.9 Å². The molecule has 34 heavy (non-hydrogen) atoms. The van der Waals surface area contributed by atoms with Crippen molar-refractivity contribution in [3.63, 3.8) is 0 Å². The summed E-state index contributed by atoms with van der Waals surface area (Å²) < 4.78 is 0. The monoisotopic (exact) mass is 491 g/mol. The zero-order chi connectivity index (χ0) is 24.1. The number of anilines is 1. The predicted molar refractivity (Wildman–Crippen MR) is 135 cm³/mol. The van der Waals surface area contributed by atoms with Gasteiger partial charge in [-0.1, -0.05) is 66.2 Å². The summed E-state index contributed by atoms with van der Waals surface area (Å²) in [6.45, 7) is 0. The summed E-state index contributed by atoms with van der Waals surface area (Å²) in [5.41, 5.74) is 4.40. The Bertz CT molecular complexity index is 1290. The first-order chi connectivity index (χ1) is 16.4. The van der Waals surface area contributed by atoms with E-state index in [2.05, 4.69) is 4.98 Å². The number of amides is 1. The SMILES string of the molecule is CN(C(=O)C(CC(=O)O)Cc1ccccc1)c1nc(-c2ccccc2-c2ccc(Cl)nc2)cs1. The Hall–Kier alpha value is -3.55. The van der Waals surface area contributed by atoms with Crippen LogP contribution in [0.5, 0.6) is 0 Å². The summed E-state index contributed by atoms with van der Waals surface area (Å²) in [5.74, 6) is -1.97. The van der Waals surface area contributed by atoms with Gasteiger partial charge in [0.15, 0.2) is 5.13 Å². The van der Waals surface area contributed by atoms with Gasteiger partial charge in [0, 0.05) is 29.8 Å². The second-order valence-corrected chi connectivity index (χ2v) is 9.04. The number of aromatic nitrogens is 2. The Balaban J connectivity index is 1.59. The first-order valence-corrected chi connectivity index (χ1v) is 11.9. The van der Waals surface area contributed by atoms with Crippen molar-refractivity contribution in [2.45, 2.75) is 12.8 Å². The second-order valence-electron chi connectivity index (χ2n) is 7.81. The maximum Gasteiger partial charge on any atom is 0.304 e. The minimum Gasteiger partial charge on any atom is -0.481 e. The molecule has 2 aromatic carbocycles. The van der Waals surface area contributed by atoms with E-state index in [0.717, 1.165) is 27.9 Å². The molecule has 2 heterocycles. The predicted octanol–water partition coefficient (Wildman–Crippen LogP) is 5.82. The van der Waals surface area contributed by atoms with Crippen molar-refractivity contribution in [2.24, 2.45) is 5.92 Å². The first kappa shape index (κ1) is 23.6. The lowest BCUT2D eigenvalue weighted by molar-refractivity contribution is -0.140. The maximum atomic E-state index is 13.3. The van der Waals surface area contributed by atoms with E-state index in [-0.39, 0.29) is 12.3 Å². The van der Waals surface area contributed by atoms with Crippen LogP contribution in [0, 0.1) is 5.92 Å². The van der Waals surface area contributed by atoms with Crippen LogP contribution in [-0.4, -0.2) is 34.0 Å². The molecule has 8 heteroatoms. The van der Waals surface area contributed by atoms with E-state index in [0.29, 0.717) is 16.7 Å². The molecule has 0 bridgehead atoms. The van der Waals surface area contributed by atoms with Crippen LogP contribution in [-0.2, 0) is 16.0 Å². The van der Waals surface area contributed by atoms with Crippen molar-refractivity contribution < 1.29 is 14.7 Å². The Morgan fingerprint density at radius 2 is 1.74 bits per heavy atom. The van der Waals surface area contributed by atoms with Gasteiger partial charge in [-0.25, -0.2) is 9.97 Å². The summed E-state index contributed by atoms with van der Waals surface area (Å²) in [5, 5.41) is 12.2. The van der Waals surface area contributed by atoms with Gasteiger partial charge in [-0.2, -0.15) is 0 Å². The van der Waals surface area contributed by atoms with Crippen LogP contribution in [0.15, 0.2) is 78.3 Å². The van der Waals surface area contributed by atoms with Crippen LogP contribution in [0.4, 0.5) is 5.13 Å². The largest absolute Gasteiger partial charge is 0.481 e.